The molecule has 0 aromatic heterocycles. The molecule has 0 heterocycles. The Bertz CT molecular complexity index is 467. The molecule has 0 amide bonds. The van der Waals surface area contributed by atoms with Crippen LogP contribution >= 0.6 is 11.6 Å². The summed E-state index contributed by atoms with van der Waals surface area (Å²) < 4.78 is 14.0. The van der Waals surface area contributed by atoms with E-state index in [-0.39, 0.29) is 28.3 Å². The first kappa shape index (κ1) is 15.8. The molecule has 1 aromatic carbocycles. The number of benzene rings is 1. The third kappa shape index (κ3) is 3.53. The summed E-state index contributed by atoms with van der Waals surface area (Å²) in [7, 11) is 0. The highest BCUT2D eigenvalue weighted by molar-refractivity contribution is 6.30. The van der Waals surface area contributed by atoms with E-state index in [1.54, 1.807) is 18.2 Å². The van der Waals surface area contributed by atoms with E-state index in [2.05, 4.69) is 20.8 Å². The maximum atomic E-state index is 14.0. The monoisotopic (exact) mass is 298 g/mol. The molecular formula is C17H24ClFO. The fourth-order valence-corrected chi connectivity index (χ4v) is 3.44. The third-order valence-electron chi connectivity index (χ3n) is 4.68. The second-order valence-corrected chi connectivity index (χ2v) is 7.53. The van der Waals surface area contributed by atoms with E-state index in [4.69, 9.17) is 11.6 Å². The van der Waals surface area contributed by atoms with Gasteiger partial charge in [0.05, 0.1) is 11.1 Å². The number of halogens is 2. The van der Waals surface area contributed by atoms with Crippen LogP contribution < -0.4 is 0 Å². The van der Waals surface area contributed by atoms with E-state index >= 15 is 0 Å². The van der Waals surface area contributed by atoms with Gasteiger partial charge in [0, 0.05) is 0 Å². The number of aliphatic hydroxyl groups is 1. The van der Waals surface area contributed by atoms with Gasteiger partial charge in [-0.05, 0) is 54.6 Å². The predicted molar refractivity (Wildman–Crippen MR) is 81.4 cm³/mol. The number of rotatable bonds is 2. The van der Waals surface area contributed by atoms with Crippen molar-refractivity contribution in [3.63, 3.8) is 0 Å². The average Bonchev–Trinajstić information content (AvgIpc) is 2.36. The summed E-state index contributed by atoms with van der Waals surface area (Å²) in [5.41, 5.74) is 0.863. The lowest BCUT2D eigenvalue weighted by Gasteiger charge is -2.40. The molecular weight excluding hydrogens is 275 g/mol. The van der Waals surface area contributed by atoms with Crippen molar-refractivity contribution in [3.8, 4) is 0 Å². The molecule has 0 radical (unpaired) electrons. The summed E-state index contributed by atoms with van der Waals surface area (Å²) in [6.45, 7) is 6.73. The van der Waals surface area contributed by atoms with Crippen LogP contribution in [0.3, 0.4) is 0 Å². The van der Waals surface area contributed by atoms with E-state index in [9.17, 15) is 9.50 Å². The fraction of sp³-hybridized carbons (Fsp3) is 0.647. The molecule has 1 aromatic rings. The van der Waals surface area contributed by atoms with Crippen LogP contribution in [0.15, 0.2) is 18.2 Å². The lowest BCUT2D eigenvalue weighted by atomic mass is 9.67. The standard InChI is InChI=1S/C17H24ClFO/c1-17(2,3)13-7-8-15(20)12(10-13)9-11-5-4-6-14(18)16(11)19/h4-6,12-13,15,20H,7-10H2,1-3H3. The molecule has 1 aliphatic rings. The Kier molecular flexibility index (Phi) is 4.76. The highest BCUT2D eigenvalue weighted by Crippen LogP contribution is 2.41. The normalized spacial score (nSPS) is 27.6. The van der Waals surface area contributed by atoms with E-state index in [1.807, 2.05) is 0 Å². The quantitative estimate of drug-likeness (QED) is 0.828. The Morgan fingerprint density at radius 2 is 2.00 bits per heavy atom. The molecule has 0 saturated heterocycles. The molecule has 1 fully saturated rings. The highest BCUT2D eigenvalue weighted by atomic mass is 35.5. The smallest absolute Gasteiger partial charge is 0.144 e. The molecule has 1 saturated carbocycles. The zero-order valence-electron chi connectivity index (χ0n) is 12.5. The first-order valence-corrected chi connectivity index (χ1v) is 7.77. The molecule has 3 heteroatoms. The lowest BCUT2D eigenvalue weighted by Crippen LogP contribution is -2.35. The molecule has 0 aliphatic heterocycles. The first-order chi connectivity index (χ1) is 9.29. The van der Waals surface area contributed by atoms with Gasteiger partial charge >= 0.3 is 0 Å². The largest absolute Gasteiger partial charge is 0.393 e. The molecule has 1 aliphatic carbocycles. The average molecular weight is 299 g/mol. The summed E-state index contributed by atoms with van der Waals surface area (Å²) in [4.78, 5) is 0. The van der Waals surface area contributed by atoms with Crippen LogP contribution in [0.5, 0.6) is 0 Å². The van der Waals surface area contributed by atoms with Crippen molar-refractivity contribution in [2.24, 2.45) is 17.3 Å². The minimum absolute atomic E-state index is 0.126. The maximum Gasteiger partial charge on any atom is 0.144 e. The van der Waals surface area contributed by atoms with Crippen LogP contribution in [0.4, 0.5) is 4.39 Å². The van der Waals surface area contributed by atoms with Crippen LogP contribution in [0, 0.1) is 23.1 Å². The van der Waals surface area contributed by atoms with Gasteiger partial charge in [0.25, 0.3) is 0 Å². The van der Waals surface area contributed by atoms with Gasteiger partial charge < -0.3 is 5.11 Å². The minimum atomic E-state index is -0.334. The predicted octanol–water partition coefficient (Wildman–Crippen LogP) is 4.84. The van der Waals surface area contributed by atoms with Crippen LogP contribution in [0.2, 0.25) is 5.02 Å². The highest BCUT2D eigenvalue weighted by Gasteiger charge is 2.35. The summed E-state index contributed by atoms with van der Waals surface area (Å²) >= 11 is 5.83. The van der Waals surface area contributed by atoms with Gasteiger partial charge in [-0.15, -0.1) is 0 Å². The van der Waals surface area contributed by atoms with Crippen LogP contribution in [-0.2, 0) is 6.42 Å². The van der Waals surface area contributed by atoms with Gasteiger partial charge in [-0.1, -0.05) is 44.5 Å². The molecule has 0 spiro atoms. The zero-order chi connectivity index (χ0) is 14.9. The van der Waals surface area contributed by atoms with Gasteiger partial charge in [0.1, 0.15) is 5.82 Å². The molecule has 20 heavy (non-hydrogen) atoms. The zero-order valence-corrected chi connectivity index (χ0v) is 13.3. The van der Waals surface area contributed by atoms with Crippen LogP contribution in [0.1, 0.15) is 45.6 Å². The van der Waals surface area contributed by atoms with Gasteiger partial charge in [-0.25, -0.2) is 4.39 Å². The topological polar surface area (TPSA) is 20.2 Å². The second-order valence-electron chi connectivity index (χ2n) is 7.12. The maximum absolute atomic E-state index is 14.0. The van der Waals surface area contributed by atoms with E-state index in [1.165, 1.54) is 0 Å². The molecule has 2 rings (SSSR count). The van der Waals surface area contributed by atoms with Crippen molar-refractivity contribution in [1.82, 2.24) is 0 Å². The van der Waals surface area contributed by atoms with Crippen molar-refractivity contribution in [2.45, 2.75) is 52.6 Å². The molecule has 0 bridgehead atoms. The Morgan fingerprint density at radius 1 is 1.30 bits per heavy atom. The summed E-state index contributed by atoms with van der Waals surface area (Å²) in [5.74, 6) is 0.373. The summed E-state index contributed by atoms with van der Waals surface area (Å²) in [6.07, 6.45) is 3.07. The van der Waals surface area contributed by atoms with Gasteiger partial charge in [0.2, 0.25) is 0 Å². The SMILES string of the molecule is CC(C)(C)C1CCC(O)C(Cc2cccc(Cl)c2F)C1. The van der Waals surface area contributed by atoms with E-state index < -0.39 is 0 Å². The van der Waals surface area contributed by atoms with Gasteiger partial charge in [0.15, 0.2) is 0 Å². The summed E-state index contributed by atoms with van der Waals surface area (Å²) in [5, 5.41) is 10.4. The Labute approximate surface area is 126 Å². The minimum Gasteiger partial charge on any atom is -0.393 e. The Balaban J connectivity index is 2.12. The fourth-order valence-electron chi connectivity index (χ4n) is 3.24. The third-order valence-corrected chi connectivity index (χ3v) is 4.97. The Hall–Kier alpha value is -0.600. The number of hydrogen-bond acceptors (Lipinski definition) is 1. The summed E-state index contributed by atoms with van der Waals surface area (Å²) in [6, 6.07) is 5.11. The number of aliphatic hydroxyl groups excluding tert-OH is 1. The van der Waals surface area contributed by atoms with Crippen molar-refractivity contribution in [1.29, 1.82) is 0 Å². The van der Waals surface area contributed by atoms with Crippen molar-refractivity contribution >= 4 is 11.6 Å². The number of hydrogen-bond donors (Lipinski definition) is 1. The van der Waals surface area contributed by atoms with E-state index in [0.717, 1.165) is 19.3 Å². The molecule has 1 nitrogen and oxygen atoms in total. The van der Waals surface area contributed by atoms with Crippen LogP contribution in [-0.4, -0.2) is 11.2 Å². The van der Waals surface area contributed by atoms with Gasteiger partial charge in [-0.2, -0.15) is 0 Å². The second kappa shape index (κ2) is 6.03. The Morgan fingerprint density at radius 3 is 2.65 bits per heavy atom. The molecule has 112 valence electrons. The van der Waals surface area contributed by atoms with Crippen molar-refractivity contribution in [3.05, 3.63) is 34.6 Å². The van der Waals surface area contributed by atoms with E-state index in [0.29, 0.717) is 17.9 Å². The van der Waals surface area contributed by atoms with Crippen molar-refractivity contribution < 1.29 is 9.50 Å². The van der Waals surface area contributed by atoms with Crippen molar-refractivity contribution in [2.75, 3.05) is 0 Å². The first-order valence-electron chi connectivity index (χ1n) is 7.40. The molecule has 3 atom stereocenters. The molecule has 3 unspecified atom stereocenters. The van der Waals surface area contributed by atoms with Gasteiger partial charge in [-0.3, -0.25) is 0 Å². The lowest BCUT2D eigenvalue weighted by molar-refractivity contribution is 0.0193. The van der Waals surface area contributed by atoms with Crippen LogP contribution in [0.25, 0.3) is 0 Å². The molecule has 1 N–H and O–H groups in total.